The van der Waals surface area contributed by atoms with Crippen molar-refractivity contribution in [2.24, 2.45) is 11.5 Å². The predicted molar refractivity (Wildman–Crippen MR) is 114 cm³/mol. The van der Waals surface area contributed by atoms with Gasteiger partial charge in [-0.1, -0.05) is 13.0 Å². The molecule has 1 aromatic rings. The number of nitrogens with one attached hydrogen (secondary N) is 1. The van der Waals surface area contributed by atoms with E-state index in [0.717, 1.165) is 28.8 Å². The second kappa shape index (κ2) is 8.46. The molecule has 150 valence electrons. The molecule has 0 radical (unpaired) electrons. The van der Waals surface area contributed by atoms with Gasteiger partial charge in [-0.15, -0.1) is 0 Å². The summed E-state index contributed by atoms with van der Waals surface area (Å²) in [6.45, 7) is 6.71. The molecule has 0 atom stereocenters. The van der Waals surface area contributed by atoms with Gasteiger partial charge in [-0.05, 0) is 68.0 Å². The number of nitrogens with zero attached hydrogens (tertiary/aromatic N) is 1. The quantitative estimate of drug-likeness (QED) is 0.691. The SMILES string of the molecule is CC/C=C(\N)C1(N)CCN(S(=O)(=O)/C=C/c2c(C)cc(NC)cc2C)CC1. The number of nitrogens with two attached hydrogens (primary N) is 2. The van der Waals surface area contributed by atoms with Gasteiger partial charge < -0.3 is 16.8 Å². The van der Waals surface area contributed by atoms with Crippen LogP contribution in [0.5, 0.6) is 0 Å². The van der Waals surface area contributed by atoms with Crippen molar-refractivity contribution in [3.63, 3.8) is 0 Å². The molecule has 27 heavy (non-hydrogen) atoms. The summed E-state index contributed by atoms with van der Waals surface area (Å²) in [6, 6.07) is 4.01. The van der Waals surface area contributed by atoms with Gasteiger partial charge in [0.1, 0.15) is 0 Å². The summed E-state index contributed by atoms with van der Waals surface area (Å²) in [6.07, 6.45) is 5.48. The molecule has 1 saturated heterocycles. The molecule has 0 spiro atoms. The summed E-state index contributed by atoms with van der Waals surface area (Å²) in [5.74, 6) is 0. The monoisotopic (exact) mass is 392 g/mol. The lowest BCUT2D eigenvalue weighted by atomic mass is 9.86. The minimum absolute atomic E-state index is 0.373. The Kier molecular flexibility index (Phi) is 6.72. The van der Waals surface area contributed by atoms with Gasteiger partial charge in [0, 0.05) is 36.9 Å². The zero-order valence-corrected chi connectivity index (χ0v) is 17.6. The van der Waals surface area contributed by atoms with Gasteiger partial charge in [-0.25, -0.2) is 8.42 Å². The Morgan fingerprint density at radius 3 is 2.30 bits per heavy atom. The number of hydrogen-bond acceptors (Lipinski definition) is 5. The molecule has 0 aromatic heterocycles. The molecule has 0 saturated carbocycles. The zero-order chi connectivity index (χ0) is 20.2. The highest BCUT2D eigenvalue weighted by molar-refractivity contribution is 7.92. The van der Waals surface area contributed by atoms with Crippen molar-refractivity contribution in [1.82, 2.24) is 4.31 Å². The molecule has 0 aliphatic carbocycles. The van der Waals surface area contributed by atoms with Gasteiger partial charge >= 0.3 is 0 Å². The van der Waals surface area contributed by atoms with Crippen LogP contribution >= 0.6 is 0 Å². The predicted octanol–water partition coefficient (Wildman–Crippen LogP) is 2.69. The molecule has 1 aliphatic heterocycles. The van der Waals surface area contributed by atoms with Crippen LogP contribution in [-0.2, 0) is 10.0 Å². The van der Waals surface area contributed by atoms with Gasteiger partial charge in [0.05, 0.1) is 5.54 Å². The van der Waals surface area contributed by atoms with Crippen molar-refractivity contribution in [2.45, 2.75) is 45.6 Å². The van der Waals surface area contributed by atoms with Crippen molar-refractivity contribution >= 4 is 21.8 Å². The zero-order valence-electron chi connectivity index (χ0n) is 16.7. The fourth-order valence-corrected chi connectivity index (χ4v) is 4.65. The highest BCUT2D eigenvalue weighted by Gasteiger charge is 2.36. The molecular formula is C20H32N4O2S. The molecule has 2 rings (SSSR count). The van der Waals surface area contributed by atoms with Gasteiger partial charge in [0.15, 0.2) is 0 Å². The normalized spacial score (nSPS) is 18.8. The standard InChI is InChI=1S/C20H32N4O2S/c1-5-6-19(21)20(22)8-10-24(11-9-20)27(25,26)12-7-18-15(2)13-17(23-4)14-16(18)3/h6-7,12-14,23H,5,8-11,21-22H2,1-4H3/b12-7+,19-6-. The number of benzene rings is 1. The van der Waals surface area contributed by atoms with E-state index in [4.69, 9.17) is 11.5 Å². The Labute approximate surface area is 163 Å². The fourth-order valence-electron chi connectivity index (χ4n) is 3.47. The summed E-state index contributed by atoms with van der Waals surface area (Å²) >= 11 is 0. The lowest BCUT2D eigenvalue weighted by Crippen LogP contribution is -2.54. The largest absolute Gasteiger partial charge is 0.401 e. The number of allylic oxidation sites excluding steroid dienone is 1. The van der Waals surface area contributed by atoms with Gasteiger partial charge in [0.25, 0.3) is 0 Å². The van der Waals surface area contributed by atoms with E-state index in [1.54, 1.807) is 6.08 Å². The first-order chi connectivity index (χ1) is 12.6. The Bertz CT molecular complexity index is 813. The average Bonchev–Trinajstić information content (AvgIpc) is 2.61. The molecule has 5 N–H and O–H groups in total. The third-order valence-electron chi connectivity index (χ3n) is 5.26. The van der Waals surface area contributed by atoms with Crippen molar-refractivity contribution < 1.29 is 8.42 Å². The lowest BCUT2D eigenvalue weighted by Gasteiger charge is -2.38. The minimum Gasteiger partial charge on any atom is -0.401 e. The van der Waals surface area contributed by atoms with E-state index in [2.05, 4.69) is 5.32 Å². The van der Waals surface area contributed by atoms with E-state index < -0.39 is 15.6 Å². The summed E-state index contributed by atoms with van der Waals surface area (Å²) in [5, 5.41) is 4.41. The maximum atomic E-state index is 12.8. The second-order valence-corrected chi connectivity index (χ2v) is 9.06. The molecule has 6 nitrogen and oxygen atoms in total. The van der Waals surface area contributed by atoms with Crippen LogP contribution in [0.1, 0.15) is 42.9 Å². The van der Waals surface area contributed by atoms with Crippen LogP contribution < -0.4 is 16.8 Å². The van der Waals surface area contributed by atoms with E-state index in [9.17, 15) is 8.42 Å². The number of hydrogen-bond donors (Lipinski definition) is 3. The molecule has 1 aliphatic rings. The number of rotatable bonds is 6. The molecule has 1 heterocycles. The van der Waals surface area contributed by atoms with Crippen LogP contribution in [0.2, 0.25) is 0 Å². The number of sulfonamides is 1. The Hall–Kier alpha value is -1.83. The molecular weight excluding hydrogens is 360 g/mol. The van der Waals surface area contributed by atoms with Crippen LogP contribution in [0.4, 0.5) is 5.69 Å². The number of piperidine rings is 1. The van der Waals surface area contributed by atoms with E-state index in [0.29, 0.717) is 31.6 Å². The van der Waals surface area contributed by atoms with Crippen molar-refractivity contribution in [2.75, 3.05) is 25.5 Å². The molecule has 1 aromatic carbocycles. The topological polar surface area (TPSA) is 101 Å². The van der Waals surface area contributed by atoms with E-state index in [1.807, 2.05) is 46.0 Å². The minimum atomic E-state index is -3.50. The van der Waals surface area contributed by atoms with Crippen molar-refractivity contribution in [3.05, 3.63) is 46.0 Å². The number of anilines is 1. The van der Waals surface area contributed by atoms with E-state index >= 15 is 0 Å². The van der Waals surface area contributed by atoms with Crippen LogP contribution in [0.25, 0.3) is 6.08 Å². The Morgan fingerprint density at radius 1 is 1.26 bits per heavy atom. The molecule has 1 fully saturated rings. The van der Waals surface area contributed by atoms with Crippen molar-refractivity contribution in [3.8, 4) is 0 Å². The first-order valence-corrected chi connectivity index (χ1v) is 10.9. The van der Waals surface area contributed by atoms with Crippen LogP contribution in [0.15, 0.2) is 29.3 Å². The second-order valence-electron chi connectivity index (χ2n) is 7.24. The van der Waals surface area contributed by atoms with Crippen LogP contribution in [0.3, 0.4) is 0 Å². The summed E-state index contributed by atoms with van der Waals surface area (Å²) in [4.78, 5) is 0. The fraction of sp³-hybridized carbons (Fsp3) is 0.500. The van der Waals surface area contributed by atoms with Gasteiger partial charge in [-0.2, -0.15) is 4.31 Å². The first kappa shape index (κ1) is 21.5. The lowest BCUT2D eigenvalue weighted by molar-refractivity contribution is 0.265. The van der Waals surface area contributed by atoms with Crippen molar-refractivity contribution in [1.29, 1.82) is 0 Å². The number of aryl methyl sites for hydroxylation is 2. The maximum absolute atomic E-state index is 12.8. The maximum Gasteiger partial charge on any atom is 0.236 e. The third kappa shape index (κ3) is 4.91. The highest BCUT2D eigenvalue weighted by atomic mass is 32.2. The first-order valence-electron chi connectivity index (χ1n) is 9.35. The molecule has 0 unspecified atom stereocenters. The smallest absolute Gasteiger partial charge is 0.236 e. The van der Waals surface area contributed by atoms with E-state index in [-0.39, 0.29) is 0 Å². The third-order valence-corrected chi connectivity index (χ3v) is 6.83. The van der Waals surface area contributed by atoms with Gasteiger partial charge in [-0.3, -0.25) is 0 Å². The molecule has 7 heteroatoms. The molecule has 0 bridgehead atoms. The van der Waals surface area contributed by atoms with Crippen LogP contribution in [-0.4, -0.2) is 38.4 Å². The summed E-state index contributed by atoms with van der Waals surface area (Å²) in [7, 11) is -1.63. The Balaban J connectivity index is 2.15. The highest BCUT2D eigenvalue weighted by Crippen LogP contribution is 2.27. The van der Waals surface area contributed by atoms with E-state index in [1.165, 1.54) is 9.71 Å². The molecule has 0 amide bonds. The van der Waals surface area contributed by atoms with Crippen LogP contribution in [0, 0.1) is 13.8 Å². The average molecular weight is 393 g/mol. The summed E-state index contributed by atoms with van der Waals surface area (Å²) < 4.78 is 27.0. The summed E-state index contributed by atoms with van der Waals surface area (Å²) in [5.41, 5.74) is 16.5. The Morgan fingerprint density at radius 2 is 1.81 bits per heavy atom. The van der Waals surface area contributed by atoms with Gasteiger partial charge in [0.2, 0.25) is 10.0 Å².